The Labute approximate surface area is 392 Å². The normalized spacial score (nSPS) is 13.4. The number of carbonyl (C=O) groups excluding carboxylic acids is 1. The van der Waals surface area contributed by atoms with Crippen molar-refractivity contribution in [2.75, 3.05) is 0 Å². The van der Waals surface area contributed by atoms with Crippen molar-refractivity contribution in [2.45, 2.75) is 56.0 Å². The van der Waals surface area contributed by atoms with Crippen molar-refractivity contribution in [1.82, 2.24) is 0 Å². The second-order valence-corrected chi connectivity index (χ2v) is 15.7. The van der Waals surface area contributed by atoms with Crippen molar-refractivity contribution >= 4 is 33.8 Å². The number of nitrogens with zero attached hydrogens (tertiary/aromatic N) is 1. The molecular formula is C45H23BF25NO. The lowest BCUT2D eigenvalue weighted by molar-refractivity contribution is -0.683. The highest BCUT2D eigenvalue weighted by atomic mass is 19.4. The van der Waals surface area contributed by atoms with Gasteiger partial charge in [-0.05, 0) is 24.3 Å². The molecule has 0 radical (unpaired) electrons. The lowest BCUT2D eigenvalue weighted by atomic mass is 9.12. The van der Waals surface area contributed by atoms with Gasteiger partial charge in [0.25, 0.3) is 0 Å². The highest BCUT2D eigenvalue weighted by Crippen LogP contribution is 2.41. The third-order valence-corrected chi connectivity index (χ3v) is 10.7. The molecule has 2 nitrogen and oxygen atoms in total. The van der Waals surface area contributed by atoms with Gasteiger partial charge in [-0.25, -0.2) is 4.39 Å². The lowest BCUT2D eigenvalue weighted by Crippen LogP contribution is -2.75. The topological polar surface area (TPSA) is 20.9 Å². The van der Waals surface area contributed by atoms with Gasteiger partial charge in [-0.3, -0.25) is 4.79 Å². The lowest BCUT2D eigenvalue weighted by Gasteiger charge is -2.46. The minimum Gasteiger partial charge on any atom is -0.287 e. The van der Waals surface area contributed by atoms with E-state index in [1.807, 2.05) is 18.2 Å². The molecular weight excluding hydrogens is 1060 g/mol. The van der Waals surface area contributed by atoms with Crippen LogP contribution < -0.4 is 26.4 Å². The van der Waals surface area contributed by atoms with Gasteiger partial charge in [-0.15, -0.1) is 0 Å². The van der Waals surface area contributed by atoms with Crippen LogP contribution in [0.1, 0.15) is 54.9 Å². The van der Waals surface area contributed by atoms with Crippen LogP contribution in [0.4, 0.5) is 110 Å². The summed E-state index contributed by atoms with van der Waals surface area (Å²) in [6.45, 7) is 0.226. The monoisotopic (exact) mass is 1080 g/mol. The quantitative estimate of drug-likeness (QED) is 0.0675. The van der Waals surface area contributed by atoms with Gasteiger partial charge in [0.1, 0.15) is 12.0 Å². The summed E-state index contributed by atoms with van der Waals surface area (Å²) in [7, 11) is 0. The van der Waals surface area contributed by atoms with E-state index < -0.39 is 195 Å². The van der Waals surface area contributed by atoms with Crippen LogP contribution in [0.2, 0.25) is 0 Å². The van der Waals surface area contributed by atoms with Gasteiger partial charge >= 0.3 is 49.4 Å². The predicted octanol–water partition coefficient (Wildman–Crippen LogP) is 13.2. The second kappa shape index (κ2) is 19.6. The fourth-order valence-electron chi connectivity index (χ4n) is 7.50. The third kappa shape index (κ3) is 13.5. The molecule has 5 aromatic carbocycles. The van der Waals surface area contributed by atoms with Gasteiger partial charge in [0.05, 0.1) is 44.5 Å². The van der Waals surface area contributed by atoms with Gasteiger partial charge in [0.15, 0.2) is 12.4 Å². The fraction of sp³-hybridized carbons (Fsp3) is 0.200. The average Bonchev–Trinajstić information content (AvgIpc) is 3.25. The Morgan fingerprint density at radius 3 is 0.767 bits per heavy atom. The summed E-state index contributed by atoms with van der Waals surface area (Å²) in [4.78, 5) is 11.8. The summed E-state index contributed by atoms with van der Waals surface area (Å²) in [5, 5.41) is 0. The molecule has 0 bridgehead atoms. The summed E-state index contributed by atoms with van der Waals surface area (Å²) in [6, 6.07) is 2.90. The number of benzene rings is 5. The Morgan fingerprint density at radius 2 is 0.562 bits per heavy atom. The van der Waals surface area contributed by atoms with Crippen molar-refractivity contribution in [3.63, 3.8) is 0 Å². The number of rotatable bonds is 7. The smallest absolute Gasteiger partial charge is 0.287 e. The SMILES string of the molecule is FC(F)(F)c1cc([B-](c2cc(C(F)(F)F)cc(C(F)(F)F)c2)(c2cc(C(F)(F)F)cc(C(F)(F)F)c2)c2cc(C(F)(F)F)cc(C(F)(F)F)c2)cc(C(F)(F)F)c1.O=C(C[n+]1ccc(F)cc1)c1ccccc1. The van der Waals surface area contributed by atoms with Crippen molar-refractivity contribution in [3.8, 4) is 0 Å². The van der Waals surface area contributed by atoms with E-state index in [9.17, 15) is 115 Å². The number of aromatic nitrogens is 1. The molecule has 0 aliphatic carbocycles. The Balaban J connectivity index is 0.000000520. The molecule has 0 spiro atoms. The zero-order chi connectivity index (χ0) is 55.3. The van der Waals surface area contributed by atoms with Crippen LogP contribution in [0.15, 0.2) is 128 Å². The van der Waals surface area contributed by atoms with Gasteiger partial charge in [0.2, 0.25) is 12.3 Å². The number of carbonyl (C=O) groups is 1. The summed E-state index contributed by atoms with van der Waals surface area (Å²) < 4.78 is 355. The van der Waals surface area contributed by atoms with Crippen LogP contribution in [0.25, 0.3) is 0 Å². The molecule has 6 aromatic rings. The number of alkyl halides is 24. The zero-order valence-electron chi connectivity index (χ0n) is 35.2. The molecule has 0 amide bonds. The van der Waals surface area contributed by atoms with Crippen LogP contribution in [0.5, 0.6) is 0 Å². The Bertz CT molecular complexity index is 2500. The summed E-state index contributed by atoms with van der Waals surface area (Å²) >= 11 is 0. The molecule has 392 valence electrons. The van der Waals surface area contributed by atoms with Crippen LogP contribution in [-0.4, -0.2) is 11.9 Å². The van der Waals surface area contributed by atoms with E-state index in [1.54, 1.807) is 29.1 Å². The molecule has 0 saturated carbocycles. The first-order valence-electron chi connectivity index (χ1n) is 19.6. The highest BCUT2D eigenvalue weighted by molar-refractivity contribution is 7.20. The van der Waals surface area contributed by atoms with Crippen molar-refractivity contribution < 1.29 is 119 Å². The van der Waals surface area contributed by atoms with E-state index in [-0.39, 0.29) is 18.1 Å². The minimum atomic E-state index is -6.13. The van der Waals surface area contributed by atoms with Gasteiger partial charge < -0.3 is 0 Å². The molecule has 73 heavy (non-hydrogen) atoms. The average molecular weight is 1080 g/mol. The van der Waals surface area contributed by atoms with Crippen LogP contribution in [0, 0.1) is 5.82 Å². The number of pyridine rings is 1. The molecule has 1 aromatic heterocycles. The van der Waals surface area contributed by atoms with Crippen molar-refractivity contribution in [2.24, 2.45) is 0 Å². The van der Waals surface area contributed by atoms with Gasteiger partial charge in [0, 0.05) is 17.7 Å². The van der Waals surface area contributed by atoms with E-state index in [2.05, 4.69) is 0 Å². The Hall–Kier alpha value is -6.77. The molecule has 0 fully saturated rings. The summed E-state index contributed by atoms with van der Waals surface area (Å²) in [5.74, 6) is -0.291. The summed E-state index contributed by atoms with van der Waals surface area (Å²) in [5.41, 5.74) is -29.5. The first-order chi connectivity index (χ1) is 33.0. The highest BCUT2D eigenvalue weighted by Gasteiger charge is 2.47. The maximum Gasteiger partial charge on any atom is 0.416 e. The molecule has 0 N–H and O–H groups in total. The van der Waals surface area contributed by atoms with Crippen molar-refractivity contribution in [1.29, 1.82) is 0 Å². The molecule has 0 atom stereocenters. The van der Waals surface area contributed by atoms with E-state index in [1.165, 1.54) is 12.1 Å². The molecule has 0 unspecified atom stereocenters. The number of halogens is 25. The molecule has 28 heteroatoms. The zero-order valence-corrected chi connectivity index (χ0v) is 35.2. The van der Waals surface area contributed by atoms with E-state index in [4.69, 9.17) is 0 Å². The van der Waals surface area contributed by atoms with Gasteiger partial charge in [-0.2, -0.15) is 132 Å². The Morgan fingerprint density at radius 1 is 0.342 bits per heavy atom. The van der Waals surface area contributed by atoms with Crippen molar-refractivity contribution in [3.05, 3.63) is 184 Å². The molecule has 6 rings (SSSR count). The largest absolute Gasteiger partial charge is 0.416 e. The number of ketones is 1. The minimum absolute atomic E-state index is 0.0113. The number of hydrogen-bond acceptors (Lipinski definition) is 1. The molecule has 1 heterocycles. The standard InChI is InChI=1S/C32H12BF24.C13H11FNO/c34-25(35,36)13-1-14(26(37,38)39)6-21(5-13)33(22-7-15(27(40,41)42)2-16(8-22)28(43,44)45,23-9-17(29(46,47)48)3-18(10-23)30(49,50)51)24-11-19(31(52,53)54)4-20(12-24)32(55,56)57;14-12-6-8-15(9-7-12)10-13(16)11-4-2-1-3-5-11/h1-12H;1-9H,10H2/q-1;+1. The summed E-state index contributed by atoms with van der Waals surface area (Å²) in [6.07, 6.45) is -51.7. The number of Topliss-reactive ketones (excluding diaryl/α,β-unsaturated/α-hetero) is 1. The first kappa shape index (κ1) is 57.1. The maximum absolute atomic E-state index is 14.2. The fourth-order valence-corrected chi connectivity index (χ4v) is 7.50. The number of hydrogen-bond donors (Lipinski definition) is 0. The Kier molecular flexibility index (Phi) is 15.3. The molecule has 0 saturated heterocycles. The van der Waals surface area contributed by atoms with Gasteiger partial charge in [-0.1, -0.05) is 78.9 Å². The van der Waals surface area contributed by atoms with Crippen LogP contribution in [0.3, 0.4) is 0 Å². The predicted molar refractivity (Wildman–Crippen MR) is 207 cm³/mol. The van der Waals surface area contributed by atoms with E-state index in [0.717, 1.165) is 0 Å². The molecule has 0 aliphatic rings. The van der Waals surface area contributed by atoms with E-state index >= 15 is 0 Å². The van der Waals surface area contributed by atoms with E-state index in [0.29, 0.717) is 5.56 Å². The molecule has 0 aliphatic heterocycles. The van der Waals surface area contributed by atoms with Crippen LogP contribution in [-0.2, 0) is 56.0 Å². The second-order valence-electron chi connectivity index (χ2n) is 15.7. The van der Waals surface area contributed by atoms with Crippen LogP contribution >= 0.6 is 0 Å². The third-order valence-electron chi connectivity index (χ3n) is 10.7. The maximum atomic E-state index is 14.2. The first-order valence-corrected chi connectivity index (χ1v) is 19.6.